The summed E-state index contributed by atoms with van der Waals surface area (Å²) in [5.74, 6) is 0.628. The number of carbonyl (C=O) groups is 2. The number of carboxylic acid groups (broad SMARTS) is 1. The summed E-state index contributed by atoms with van der Waals surface area (Å²) in [7, 11) is -3.65. The minimum Gasteiger partial charge on any atom is -0.480 e. The molecule has 0 radical (unpaired) electrons. The van der Waals surface area contributed by atoms with Crippen LogP contribution in [-0.2, 0) is 24.3 Å². The molecule has 0 spiro atoms. The molecule has 0 aliphatic carbocycles. The lowest BCUT2D eigenvalue weighted by molar-refractivity contribution is -0.141. The number of morpholine rings is 1. The molecule has 1 heterocycles. The Morgan fingerprint density at radius 2 is 2.08 bits per heavy atom. The second kappa shape index (κ2) is 11.0. The van der Waals surface area contributed by atoms with Crippen LogP contribution >= 0.6 is 11.8 Å². The first-order valence-corrected chi connectivity index (χ1v) is 11.4. The maximum atomic E-state index is 12.3. The summed E-state index contributed by atoms with van der Waals surface area (Å²) >= 11 is 1.76. The van der Waals surface area contributed by atoms with Crippen LogP contribution in [-0.4, -0.2) is 91.3 Å². The Labute approximate surface area is 153 Å². The van der Waals surface area contributed by atoms with E-state index >= 15 is 0 Å². The third-order valence-electron chi connectivity index (χ3n) is 3.78. The van der Waals surface area contributed by atoms with Gasteiger partial charge in [0, 0.05) is 31.8 Å². The Hall–Kier alpha value is -0.840. The highest BCUT2D eigenvalue weighted by molar-refractivity contribution is 7.99. The van der Waals surface area contributed by atoms with Crippen molar-refractivity contribution in [2.45, 2.75) is 32.3 Å². The molecule has 0 saturated carbocycles. The minimum atomic E-state index is -3.65. The molecule has 0 aromatic carbocycles. The van der Waals surface area contributed by atoms with Crippen LogP contribution in [0.15, 0.2) is 0 Å². The van der Waals surface area contributed by atoms with Gasteiger partial charge in [-0.3, -0.25) is 9.59 Å². The van der Waals surface area contributed by atoms with Crippen LogP contribution in [0.4, 0.5) is 0 Å². The number of rotatable bonds is 11. The van der Waals surface area contributed by atoms with E-state index in [1.807, 2.05) is 0 Å². The number of ether oxygens (including phenoxy) is 1. The molecule has 1 atom stereocenters. The topological polar surface area (TPSA) is 104 Å². The summed E-state index contributed by atoms with van der Waals surface area (Å²) in [6, 6.07) is 0. The van der Waals surface area contributed by atoms with Crippen molar-refractivity contribution in [3.05, 3.63) is 0 Å². The van der Waals surface area contributed by atoms with Gasteiger partial charge in [0.05, 0.1) is 19.0 Å². The molecular weight excluding hydrogens is 368 g/mol. The first kappa shape index (κ1) is 22.2. The van der Waals surface area contributed by atoms with Crippen molar-refractivity contribution >= 4 is 33.7 Å². The molecule has 25 heavy (non-hydrogen) atoms. The van der Waals surface area contributed by atoms with Crippen LogP contribution in [0.3, 0.4) is 0 Å². The van der Waals surface area contributed by atoms with Crippen LogP contribution in [0.1, 0.15) is 26.2 Å². The lowest BCUT2D eigenvalue weighted by Crippen LogP contribution is -2.51. The quantitative estimate of drug-likeness (QED) is 0.507. The second-order valence-corrected chi connectivity index (χ2v) is 9.20. The molecular formula is C15H28N2O6S2. The van der Waals surface area contributed by atoms with Gasteiger partial charge in [-0.25, -0.2) is 8.42 Å². The van der Waals surface area contributed by atoms with Crippen molar-refractivity contribution in [1.29, 1.82) is 0 Å². The van der Waals surface area contributed by atoms with Gasteiger partial charge in [0.1, 0.15) is 6.54 Å². The van der Waals surface area contributed by atoms with E-state index < -0.39 is 28.6 Å². The maximum Gasteiger partial charge on any atom is 0.318 e. The number of unbranched alkanes of at least 4 members (excludes halogenated alkanes) is 1. The number of carbonyl (C=O) groups excluding carboxylic acids is 1. The van der Waals surface area contributed by atoms with E-state index in [1.165, 1.54) is 0 Å². The first-order valence-electron chi connectivity index (χ1n) is 8.38. The molecule has 1 rings (SSSR count). The van der Waals surface area contributed by atoms with E-state index in [4.69, 9.17) is 9.84 Å². The minimum absolute atomic E-state index is 0.0291. The molecule has 8 nitrogen and oxygen atoms in total. The fourth-order valence-electron chi connectivity index (χ4n) is 2.42. The smallest absolute Gasteiger partial charge is 0.318 e. The highest BCUT2D eigenvalue weighted by Crippen LogP contribution is 2.13. The third-order valence-corrected chi connectivity index (χ3v) is 6.07. The zero-order valence-corrected chi connectivity index (χ0v) is 16.5. The fourth-order valence-corrected chi connectivity index (χ4v) is 4.22. The van der Waals surface area contributed by atoms with E-state index in [9.17, 15) is 18.0 Å². The highest BCUT2D eigenvalue weighted by atomic mass is 32.2. The maximum absolute atomic E-state index is 12.3. The van der Waals surface area contributed by atoms with Crippen molar-refractivity contribution in [3.8, 4) is 0 Å². The Kier molecular flexibility index (Phi) is 9.77. The lowest BCUT2D eigenvalue weighted by atomic mass is 10.2. The molecule has 1 fully saturated rings. The van der Waals surface area contributed by atoms with Crippen molar-refractivity contribution in [2.75, 3.05) is 50.5 Å². The van der Waals surface area contributed by atoms with Crippen LogP contribution in [0.2, 0.25) is 0 Å². The molecule has 10 heteroatoms. The lowest BCUT2D eigenvalue weighted by Gasteiger charge is -2.35. The van der Waals surface area contributed by atoms with Gasteiger partial charge < -0.3 is 14.7 Å². The van der Waals surface area contributed by atoms with E-state index in [2.05, 4.69) is 6.92 Å². The molecule has 0 bridgehead atoms. The van der Waals surface area contributed by atoms with Gasteiger partial charge in [0.25, 0.3) is 0 Å². The van der Waals surface area contributed by atoms with Crippen molar-refractivity contribution in [3.63, 3.8) is 0 Å². The van der Waals surface area contributed by atoms with Gasteiger partial charge in [-0.15, -0.1) is 0 Å². The molecule has 1 aliphatic rings. The molecule has 146 valence electrons. The fraction of sp³-hybridized carbons (Fsp3) is 0.867. The second-order valence-electron chi connectivity index (χ2n) is 6.00. The predicted octanol–water partition coefficient (Wildman–Crippen LogP) is 0.483. The van der Waals surface area contributed by atoms with Gasteiger partial charge in [-0.05, 0) is 12.2 Å². The Bertz CT molecular complexity index is 540. The molecule has 0 aromatic rings. The number of nitrogens with zero attached hydrogens (tertiary/aromatic N) is 2. The number of amides is 1. The summed E-state index contributed by atoms with van der Waals surface area (Å²) < 4.78 is 29.8. The van der Waals surface area contributed by atoms with E-state index in [1.54, 1.807) is 16.7 Å². The number of hydrogen-bond donors (Lipinski definition) is 1. The van der Waals surface area contributed by atoms with Gasteiger partial charge in [0.15, 0.2) is 0 Å². The van der Waals surface area contributed by atoms with Crippen molar-refractivity contribution in [2.24, 2.45) is 0 Å². The first-order chi connectivity index (χ1) is 11.7. The molecule has 1 aliphatic heterocycles. The molecule has 1 amide bonds. The molecule has 0 aromatic heterocycles. The van der Waals surface area contributed by atoms with E-state index in [0.717, 1.165) is 34.9 Å². The summed E-state index contributed by atoms with van der Waals surface area (Å²) in [5, 5.41) is 8.86. The zero-order valence-electron chi connectivity index (χ0n) is 14.8. The monoisotopic (exact) mass is 396 g/mol. The van der Waals surface area contributed by atoms with Crippen molar-refractivity contribution in [1.82, 2.24) is 9.21 Å². The van der Waals surface area contributed by atoms with E-state index in [-0.39, 0.29) is 19.0 Å². The third kappa shape index (κ3) is 8.89. The normalized spacial score (nSPS) is 18.5. The number of hydrogen-bond acceptors (Lipinski definition) is 6. The van der Waals surface area contributed by atoms with Gasteiger partial charge >= 0.3 is 5.97 Å². The number of sulfonamides is 1. The highest BCUT2D eigenvalue weighted by Gasteiger charge is 2.29. The zero-order chi connectivity index (χ0) is 18.9. The number of thioether (sulfide) groups is 1. The van der Waals surface area contributed by atoms with Gasteiger partial charge in [-0.2, -0.15) is 16.1 Å². The number of aliphatic carboxylic acids is 1. The van der Waals surface area contributed by atoms with Crippen molar-refractivity contribution < 1.29 is 27.9 Å². The standard InChI is InChI=1S/C15H28N2O6S2/c1-3-4-8-24-9-5-14(18)16-6-7-23-13(10-16)11-17(12-15(19)20)25(2,21)22/h13H,3-12H2,1-2H3,(H,19,20). The van der Waals surface area contributed by atoms with Crippen LogP contribution in [0.25, 0.3) is 0 Å². The summed E-state index contributed by atoms with van der Waals surface area (Å²) in [6.07, 6.45) is 3.18. The summed E-state index contributed by atoms with van der Waals surface area (Å²) in [4.78, 5) is 24.8. The average Bonchev–Trinajstić information content (AvgIpc) is 2.53. The summed E-state index contributed by atoms with van der Waals surface area (Å²) in [6.45, 7) is 2.53. The Morgan fingerprint density at radius 3 is 2.68 bits per heavy atom. The van der Waals surface area contributed by atoms with Gasteiger partial charge in [0.2, 0.25) is 15.9 Å². The van der Waals surface area contributed by atoms with Gasteiger partial charge in [-0.1, -0.05) is 13.3 Å². The average molecular weight is 397 g/mol. The summed E-state index contributed by atoms with van der Waals surface area (Å²) in [5.41, 5.74) is 0. The van der Waals surface area contributed by atoms with Crippen LogP contribution < -0.4 is 0 Å². The van der Waals surface area contributed by atoms with Crippen LogP contribution in [0.5, 0.6) is 0 Å². The molecule has 1 unspecified atom stereocenters. The molecule has 1 N–H and O–H groups in total. The Balaban J connectivity index is 2.49. The molecule has 1 saturated heterocycles. The SMILES string of the molecule is CCCCSCCC(=O)N1CCOC(CN(CC(=O)O)S(C)(=O)=O)C1. The van der Waals surface area contributed by atoms with E-state index in [0.29, 0.717) is 19.6 Å². The predicted molar refractivity (Wildman–Crippen MR) is 97.2 cm³/mol. The van der Waals surface area contributed by atoms with Crippen LogP contribution in [0, 0.1) is 0 Å². The number of carboxylic acids is 1. The largest absolute Gasteiger partial charge is 0.480 e. The Morgan fingerprint density at radius 1 is 1.36 bits per heavy atom.